The number of fused-ring (bicyclic) bond motifs is 1. The molecule has 0 unspecified atom stereocenters. The van der Waals surface area contributed by atoms with Crippen LogP contribution < -0.4 is 10.6 Å². The van der Waals surface area contributed by atoms with Gasteiger partial charge in [-0.15, -0.1) is 0 Å². The fourth-order valence-corrected chi connectivity index (χ4v) is 3.45. The lowest BCUT2D eigenvalue weighted by atomic mass is 9.99. The first-order chi connectivity index (χ1) is 13.9. The van der Waals surface area contributed by atoms with E-state index < -0.39 is 6.04 Å². The molecule has 29 heavy (non-hydrogen) atoms. The number of benzene rings is 3. The van der Waals surface area contributed by atoms with E-state index >= 15 is 0 Å². The van der Waals surface area contributed by atoms with E-state index in [1.165, 1.54) is 5.39 Å². The maximum Gasteiger partial charge on any atom is 0.252 e. The van der Waals surface area contributed by atoms with Crippen LogP contribution in [0.3, 0.4) is 0 Å². The van der Waals surface area contributed by atoms with Crippen LogP contribution in [0.4, 0.5) is 0 Å². The van der Waals surface area contributed by atoms with E-state index in [1.54, 1.807) is 6.07 Å². The number of aryl methyl sites for hydroxylation is 1. The summed E-state index contributed by atoms with van der Waals surface area (Å²) in [6, 6.07) is 21.0. The summed E-state index contributed by atoms with van der Waals surface area (Å²) in [5.41, 5.74) is 2.51. The van der Waals surface area contributed by atoms with Gasteiger partial charge in [-0.05, 0) is 53.8 Å². The first kappa shape index (κ1) is 20.6. The molecule has 4 nitrogen and oxygen atoms in total. The topological polar surface area (TPSA) is 58.2 Å². The summed E-state index contributed by atoms with van der Waals surface area (Å²) in [5, 5.41) is 8.27. The molecule has 0 saturated heterocycles. The Labute approximate surface area is 172 Å². The number of nitrogens with one attached hydrogen (secondary N) is 2. The molecule has 4 heteroatoms. The molecule has 0 heterocycles. The predicted molar refractivity (Wildman–Crippen MR) is 118 cm³/mol. The van der Waals surface area contributed by atoms with Crippen molar-refractivity contribution in [2.45, 2.75) is 39.8 Å². The molecule has 0 aromatic heterocycles. The van der Waals surface area contributed by atoms with Crippen LogP contribution in [0.25, 0.3) is 10.8 Å². The summed E-state index contributed by atoms with van der Waals surface area (Å²) < 4.78 is 0. The van der Waals surface area contributed by atoms with Crippen LogP contribution in [-0.2, 0) is 4.79 Å². The highest BCUT2D eigenvalue weighted by Gasteiger charge is 2.26. The lowest BCUT2D eigenvalue weighted by molar-refractivity contribution is -0.124. The van der Waals surface area contributed by atoms with E-state index in [2.05, 4.69) is 34.9 Å². The third-order valence-corrected chi connectivity index (χ3v) is 5.26. The summed E-state index contributed by atoms with van der Waals surface area (Å²) in [5.74, 6) is -0.440. The van der Waals surface area contributed by atoms with Gasteiger partial charge in [0, 0.05) is 5.56 Å². The molecule has 2 amide bonds. The fourth-order valence-electron chi connectivity index (χ4n) is 3.45. The number of rotatable bonds is 6. The van der Waals surface area contributed by atoms with Gasteiger partial charge in [-0.25, -0.2) is 0 Å². The van der Waals surface area contributed by atoms with Gasteiger partial charge in [0.1, 0.15) is 6.04 Å². The average molecular weight is 389 g/mol. The highest BCUT2D eigenvalue weighted by Crippen LogP contribution is 2.20. The van der Waals surface area contributed by atoms with Crippen LogP contribution in [0.15, 0.2) is 66.7 Å². The molecule has 2 atom stereocenters. The van der Waals surface area contributed by atoms with Gasteiger partial charge in [-0.1, -0.05) is 68.4 Å². The largest absolute Gasteiger partial charge is 0.348 e. The normalized spacial score (nSPS) is 13.1. The van der Waals surface area contributed by atoms with Crippen LogP contribution in [0.1, 0.15) is 48.3 Å². The van der Waals surface area contributed by atoms with Crippen LogP contribution in [0.2, 0.25) is 0 Å². The maximum atomic E-state index is 13.0. The lowest BCUT2D eigenvalue weighted by Crippen LogP contribution is -2.50. The number of carbonyl (C=O) groups is 2. The average Bonchev–Trinajstić information content (AvgIpc) is 2.71. The first-order valence-corrected chi connectivity index (χ1v) is 10.0. The lowest BCUT2D eigenvalue weighted by Gasteiger charge is -2.24. The monoisotopic (exact) mass is 388 g/mol. The fraction of sp³-hybridized carbons (Fsp3) is 0.280. The third-order valence-electron chi connectivity index (χ3n) is 5.26. The third kappa shape index (κ3) is 4.83. The molecule has 0 fully saturated rings. The predicted octanol–water partition coefficient (Wildman–Crippen LogP) is 4.78. The van der Waals surface area contributed by atoms with Gasteiger partial charge < -0.3 is 10.6 Å². The van der Waals surface area contributed by atoms with Crippen molar-refractivity contribution in [3.8, 4) is 0 Å². The Morgan fingerprint density at radius 3 is 2.14 bits per heavy atom. The molecule has 0 aliphatic carbocycles. The Morgan fingerprint density at radius 1 is 0.793 bits per heavy atom. The zero-order valence-electron chi connectivity index (χ0n) is 17.4. The Hall–Kier alpha value is -3.14. The van der Waals surface area contributed by atoms with Gasteiger partial charge in [0.05, 0.1) is 6.04 Å². The number of amides is 2. The standard InChI is InChI=1S/C25H28N2O2/c1-16(2)23(27-24(28)22-12-8-5-9-17(22)3)25(29)26-18(4)20-14-13-19-10-6-7-11-21(19)15-20/h5-16,18,23H,1-4H3,(H,26,29)(H,27,28)/t18-,23+/m1/s1. The Bertz CT molecular complexity index is 1030. The molecule has 3 rings (SSSR count). The van der Waals surface area contributed by atoms with E-state index in [1.807, 2.05) is 64.1 Å². The molecule has 150 valence electrons. The molecule has 0 aliphatic rings. The molecule has 3 aromatic rings. The van der Waals surface area contributed by atoms with E-state index in [0.717, 1.165) is 16.5 Å². The second-order valence-corrected chi connectivity index (χ2v) is 7.85. The molecule has 0 aliphatic heterocycles. The van der Waals surface area contributed by atoms with Crippen LogP contribution >= 0.6 is 0 Å². The first-order valence-electron chi connectivity index (χ1n) is 10.0. The second kappa shape index (κ2) is 8.91. The van der Waals surface area contributed by atoms with Crippen LogP contribution in [-0.4, -0.2) is 17.9 Å². The smallest absolute Gasteiger partial charge is 0.252 e. The Kier molecular flexibility index (Phi) is 6.32. The number of carbonyl (C=O) groups excluding carboxylic acids is 2. The van der Waals surface area contributed by atoms with Crippen molar-refractivity contribution in [3.63, 3.8) is 0 Å². The van der Waals surface area contributed by atoms with Crippen molar-refractivity contribution in [1.82, 2.24) is 10.6 Å². The second-order valence-electron chi connectivity index (χ2n) is 7.85. The van der Waals surface area contributed by atoms with Gasteiger partial charge >= 0.3 is 0 Å². The summed E-state index contributed by atoms with van der Waals surface area (Å²) in [6.07, 6.45) is 0. The minimum absolute atomic E-state index is 0.0354. The van der Waals surface area contributed by atoms with Gasteiger partial charge in [0.15, 0.2) is 0 Å². The van der Waals surface area contributed by atoms with Gasteiger partial charge in [0.25, 0.3) is 5.91 Å². The summed E-state index contributed by atoms with van der Waals surface area (Å²) in [4.78, 5) is 25.7. The molecule has 3 aromatic carbocycles. The highest BCUT2D eigenvalue weighted by atomic mass is 16.2. The van der Waals surface area contributed by atoms with Crippen molar-refractivity contribution in [1.29, 1.82) is 0 Å². The summed E-state index contributed by atoms with van der Waals surface area (Å²) in [6.45, 7) is 7.72. The summed E-state index contributed by atoms with van der Waals surface area (Å²) in [7, 11) is 0. The van der Waals surface area contributed by atoms with Crippen molar-refractivity contribution >= 4 is 22.6 Å². The Morgan fingerprint density at radius 2 is 1.45 bits per heavy atom. The highest BCUT2D eigenvalue weighted by molar-refractivity contribution is 5.98. The molecule has 2 N–H and O–H groups in total. The molecular formula is C25H28N2O2. The quantitative estimate of drug-likeness (QED) is 0.638. The minimum atomic E-state index is -0.606. The van der Waals surface area contributed by atoms with Crippen LogP contribution in [0, 0.1) is 12.8 Å². The van der Waals surface area contributed by atoms with E-state index in [4.69, 9.17) is 0 Å². The number of hydrogen-bond acceptors (Lipinski definition) is 2. The van der Waals surface area contributed by atoms with E-state index in [0.29, 0.717) is 5.56 Å². The van der Waals surface area contributed by atoms with Crippen molar-refractivity contribution < 1.29 is 9.59 Å². The summed E-state index contributed by atoms with van der Waals surface area (Å²) >= 11 is 0. The van der Waals surface area contributed by atoms with E-state index in [-0.39, 0.29) is 23.8 Å². The molecule has 0 saturated carbocycles. The van der Waals surface area contributed by atoms with Crippen molar-refractivity contribution in [3.05, 3.63) is 83.4 Å². The van der Waals surface area contributed by atoms with Crippen LogP contribution in [0.5, 0.6) is 0 Å². The molecule has 0 radical (unpaired) electrons. The van der Waals surface area contributed by atoms with Gasteiger partial charge in [-0.2, -0.15) is 0 Å². The SMILES string of the molecule is Cc1ccccc1C(=O)N[C@H](C(=O)N[C@H](C)c1ccc2ccccc2c1)C(C)C. The minimum Gasteiger partial charge on any atom is -0.348 e. The van der Waals surface area contributed by atoms with Gasteiger partial charge in [0.2, 0.25) is 5.91 Å². The van der Waals surface area contributed by atoms with E-state index in [9.17, 15) is 9.59 Å². The van der Waals surface area contributed by atoms with Crippen molar-refractivity contribution in [2.75, 3.05) is 0 Å². The zero-order chi connectivity index (χ0) is 21.0. The van der Waals surface area contributed by atoms with Crippen molar-refractivity contribution in [2.24, 2.45) is 5.92 Å². The maximum absolute atomic E-state index is 13.0. The molecular weight excluding hydrogens is 360 g/mol. The molecule has 0 spiro atoms. The number of hydrogen-bond donors (Lipinski definition) is 2. The Balaban J connectivity index is 1.73. The molecule has 0 bridgehead atoms. The zero-order valence-corrected chi connectivity index (χ0v) is 17.4. The van der Waals surface area contributed by atoms with Gasteiger partial charge in [-0.3, -0.25) is 9.59 Å².